The summed E-state index contributed by atoms with van der Waals surface area (Å²) in [6.07, 6.45) is -10.3. The first-order chi connectivity index (χ1) is 19.0. The molecular weight excluding hydrogens is 584 g/mol. The van der Waals surface area contributed by atoms with Crippen LogP contribution in [0.1, 0.15) is 36.8 Å². The van der Waals surface area contributed by atoms with Gasteiger partial charge in [0.15, 0.2) is 9.84 Å². The molecule has 1 aliphatic carbocycles. The molecule has 0 radical (unpaired) electrons. The zero-order valence-electron chi connectivity index (χ0n) is 20.9. The fourth-order valence-corrected chi connectivity index (χ4v) is 7.24. The molecule has 1 aliphatic rings. The number of benzene rings is 2. The minimum atomic E-state index is -6.34. The fourth-order valence-electron chi connectivity index (χ4n) is 5.07. The molecule has 1 N–H and O–H groups in total. The lowest BCUT2D eigenvalue weighted by molar-refractivity contribution is -0.348. The average Bonchev–Trinajstić information content (AvgIpc) is 2.92. The summed E-state index contributed by atoms with van der Waals surface area (Å²) in [4.78, 5) is 16.4. The molecule has 0 saturated heterocycles. The van der Waals surface area contributed by atoms with Gasteiger partial charge in [-0.15, -0.1) is 0 Å². The van der Waals surface area contributed by atoms with Gasteiger partial charge in [0.25, 0.3) is 0 Å². The second-order valence-electron chi connectivity index (χ2n) is 9.69. The number of anilines is 1. The number of pyridine rings is 1. The van der Waals surface area contributed by atoms with Gasteiger partial charge >= 0.3 is 18.0 Å². The van der Waals surface area contributed by atoms with E-state index >= 15 is 0 Å². The van der Waals surface area contributed by atoms with E-state index < -0.39 is 55.8 Å². The smallest absolute Gasteiger partial charge is 0.324 e. The summed E-state index contributed by atoms with van der Waals surface area (Å²) in [6.45, 7) is 0. The Labute approximate surface area is 229 Å². The van der Waals surface area contributed by atoms with Crippen LogP contribution >= 0.6 is 0 Å². The number of aromatic nitrogens is 1. The minimum Gasteiger partial charge on any atom is -0.324 e. The maximum absolute atomic E-state index is 14.6. The molecule has 0 atom stereocenters. The first-order valence-electron chi connectivity index (χ1n) is 12.2. The third-order valence-electron chi connectivity index (χ3n) is 7.32. The molecule has 1 amide bonds. The molecule has 1 aromatic heterocycles. The summed E-state index contributed by atoms with van der Waals surface area (Å²) in [5.41, 5.74) is -7.25. The van der Waals surface area contributed by atoms with Gasteiger partial charge in [-0.05, 0) is 67.6 Å². The Kier molecular flexibility index (Phi) is 7.93. The van der Waals surface area contributed by atoms with E-state index in [1.807, 2.05) is 0 Å². The molecule has 0 bridgehead atoms. The molecule has 1 fully saturated rings. The van der Waals surface area contributed by atoms with Gasteiger partial charge in [-0.2, -0.15) is 26.3 Å². The number of sulfone groups is 1. The number of carbonyl (C=O) groups is 1. The zero-order chi connectivity index (χ0) is 30.3. The van der Waals surface area contributed by atoms with Crippen molar-refractivity contribution >= 4 is 21.4 Å². The molecule has 41 heavy (non-hydrogen) atoms. The number of rotatable bonds is 6. The van der Waals surface area contributed by atoms with Gasteiger partial charge in [-0.25, -0.2) is 17.2 Å². The van der Waals surface area contributed by atoms with E-state index in [4.69, 9.17) is 0 Å². The quantitative estimate of drug-likeness (QED) is 0.242. The largest absolute Gasteiger partial charge is 0.435 e. The fraction of sp³-hybridized carbons (Fsp3) is 0.333. The molecule has 0 unspecified atom stereocenters. The summed E-state index contributed by atoms with van der Waals surface area (Å²) in [7, 11) is -4.45. The summed E-state index contributed by atoms with van der Waals surface area (Å²) >= 11 is 0. The van der Waals surface area contributed by atoms with Crippen LogP contribution in [0.5, 0.6) is 0 Å². The van der Waals surface area contributed by atoms with Crippen LogP contribution in [0.25, 0.3) is 0 Å². The van der Waals surface area contributed by atoms with E-state index in [2.05, 4.69) is 10.3 Å². The van der Waals surface area contributed by atoms with Gasteiger partial charge in [0, 0.05) is 17.7 Å². The average molecular weight is 607 g/mol. The van der Waals surface area contributed by atoms with Gasteiger partial charge in [0.1, 0.15) is 10.6 Å². The van der Waals surface area contributed by atoms with E-state index in [0.717, 1.165) is 36.4 Å². The first-order valence-corrected chi connectivity index (χ1v) is 13.7. The zero-order valence-corrected chi connectivity index (χ0v) is 21.8. The topological polar surface area (TPSA) is 76.1 Å². The Balaban J connectivity index is 1.73. The number of nitrogens with one attached hydrogen (secondary N) is 1. The highest BCUT2D eigenvalue weighted by molar-refractivity contribution is 7.92. The summed E-state index contributed by atoms with van der Waals surface area (Å²) in [6, 6.07) is 8.90. The number of hydrogen-bond acceptors (Lipinski definition) is 4. The van der Waals surface area contributed by atoms with Gasteiger partial charge in [-0.3, -0.25) is 9.78 Å². The van der Waals surface area contributed by atoms with Crippen LogP contribution in [0.4, 0.5) is 40.8 Å². The van der Waals surface area contributed by atoms with Crippen molar-refractivity contribution in [2.75, 3.05) is 5.32 Å². The highest BCUT2D eigenvalue weighted by Crippen LogP contribution is 2.54. The number of nitrogens with zero attached hydrogens (tertiary/aromatic N) is 1. The van der Waals surface area contributed by atoms with Crippen LogP contribution in [0.2, 0.25) is 0 Å². The van der Waals surface area contributed by atoms with E-state index in [9.17, 15) is 48.3 Å². The lowest BCUT2D eigenvalue weighted by atomic mass is 9.77. The second-order valence-corrected chi connectivity index (χ2v) is 11.9. The number of carbonyl (C=O) groups excluding carboxylic acids is 1. The second kappa shape index (κ2) is 10.7. The third-order valence-corrected chi connectivity index (χ3v) is 9.89. The van der Waals surface area contributed by atoms with E-state index in [0.29, 0.717) is 5.69 Å². The Bertz CT molecular complexity index is 1470. The van der Waals surface area contributed by atoms with Gasteiger partial charge in [0.05, 0.1) is 16.8 Å². The molecule has 1 saturated carbocycles. The molecule has 2 aromatic carbocycles. The normalized spacial score (nSPS) is 20.4. The summed E-state index contributed by atoms with van der Waals surface area (Å²) in [5, 5.41) is 2.66. The predicted molar refractivity (Wildman–Crippen MR) is 131 cm³/mol. The number of alkyl halides is 7. The number of amides is 1. The van der Waals surface area contributed by atoms with Crippen LogP contribution in [0.15, 0.2) is 78.0 Å². The van der Waals surface area contributed by atoms with Crippen molar-refractivity contribution in [3.05, 3.63) is 90.0 Å². The van der Waals surface area contributed by atoms with Crippen LogP contribution in [0, 0.1) is 11.7 Å². The molecular formula is C27H22F8N2O3S. The van der Waals surface area contributed by atoms with Crippen molar-refractivity contribution in [3.8, 4) is 0 Å². The molecule has 4 rings (SSSR count). The molecule has 5 nitrogen and oxygen atoms in total. The van der Waals surface area contributed by atoms with Crippen molar-refractivity contribution in [1.82, 2.24) is 4.98 Å². The van der Waals surface area contributed by atoms with E-state index in [1.165, 1.54) is 12.4 Å². The molecule has 0 spiro atoms. The van der Waals surface area contributed by atoms with E-state index in [-0.39, 0.29) is 48.3 Å². The highest BCUT2D eigenvalue weighted by atomic mass is 32.2. The predicted octanol–water partition coefficient (Wildman–Crippen LogP) is 7.01. The Hall–Kier alpha value is -3.55. The molecule has 0 aliphatic heterocycles. The van der Waals surface area contributed by atoms with Crippen LogP contribution in [-0.4, -0.2) is 31.7 Å². The van der Waals surface area contributed by atoms with Gasteiger partial charge in [-0.1, -0.05) is 24.3 Å². The third kappa shape index (κ3) is 5.41. The highest BCUT2D eigenvalue weighted by Gasteiger charge is 2.73. The molecule has 220 valence electrons. The Morgan fingerprint density at radius 1 is 0.854 bits per heavy atom. The Morgan fingerprint density at radius 2 is 1.41 bits per heavy atom. The SMILES string of the molecule is O=C(Nc1cccnc1)C1CCC(c2ccc(C(F)(C(F)(F)F)C(F)(F)F)cc2)(S(=O)(=O)c2ccc(F)cc2)CC1. The van der Waals surface area contributed by atoms with Gasteiger partial charge in [0.2, 0.25) is 5.91 Å². The first kappa shape index (κ1) is 30.4. The van der Waals surface area contributed by atoms with Crippen LogP contribution in [-0.2, 0) is 25.0 Å². The Morgan fingerprint density at radius 3 is 1.90 bits per heavy atom. The maximum Gasteiger partial charge on any atom is 0.435 e. The van der Waals surface area contributed by atoms with Crippen molar-refractivity contribution in [2.24, 2.45) is 5.92 Å². The van der Waals surface area contributed by atoms with Crippen molar-refractivity contribution < 1.29 is 48.3 Å². The van der Waals surface area contributed by atoms with Gasteiger partial charge < -0.3 is 5.32 Å². The maximum atomic E-state index is 14.6. The minimum absolute atomic E-state index is 0.0214. The molecule has 3 aromatic rings. The lowest BCUT2D eigenvalue weighted by Crippen LogP contribution is -2.50. The summed E-state index contributed by atoms with van der Waals surface area (Å²) < 4.78 is 134. The van der Waals surface area contributed by atoms with Crippen LogP contribution < -0.4 is 5.32 Å². The number of hydrogen-bond donors (Lipinski definition) is 1. The van der Waals surface area contributed by atoms with Crippen LogP contribution in [0.3, 0.4) is 0 Å². The monoisotopic (exact) mass is 606 g/mol. The van der Waals surface area contributed by atoms with Crippen molar-refractivity contribution in [2.45, 2.75) is 53.3 Å². The standard InChI is InChI=1S/C27H22F8N2O3S/c28-20-7-9-22(10-8-20)41(39,40)24(13-11-17(12-14-24)23(38)37-21-2-1-15-36-16-21)18-3-5-19(6-4-18)25(29,26(30,31)32)27(33,34)35/h1-10,15-17H,11-14H2,(H,37,38). The summed E-state index contributed by atoms with van der Waals surface area (Å²) in [5.74, 6) is -1.85. The van der Waals surface area contributed by atoms with Crippen molar-refractivity contribution in [1.29, 1.82) is 0 Å². The number of halogens is 8. The lowest BCUT2D eigenvalue weighted by Gasteiger charge is -2.40. The molecule has 14 heteroatoms. The van der Waals surface area contributed by atoms with E-state index in [1.54, 1.807) is 12.1 Å². The van der Waals surface area contributed by atoms with Crippen molar-refractivity contribution in [3.63, 3.8) is 0 Å². The molecule has 1 heterocycles.